The van der Waals surface area contributed by atoms with E-state index in [9.17, 15) is 23.1 Å². The summed E-state index contributed by atoms with van der Waals surface area (Å²) >= 11 is 0. The SMILES string of the molecule is Cc1cc(-c2cnco2)cc(-c2nn(-c3cc(N4CC[C@@H](O)C4)ccc3C(F)(F)F)c(=O)c3c2CCCN3)c1. The number of aliphatic hydroxyl groups excluding tert-OH is 1. The second-order valence-corrected chi connectivity index (χ2v) is 9.99. The van der Waals surface area contributed by atoms with E-state index in [4.69, 9.17) is 4.42 Å². The second kappa shape index (κ2) is 9.57. The van der Waals surface area contributed by atoms with Gasteiger partial charge in [0.1, 0.15) is 5.69 Å². The Bertz CT molecular complexity index is 1600. The van der Waals surface area contributed by atoms with Gasteiger partial charge in [-0.2, -0.15) is 23.0 Å². The summed E-state index contributed by atoms with van der Waals surface area (Å²) < 4.78 is 49.0. The van der Waals surface area contributed by atoms with E-state index in [1.54, 1.807) is 11.1 Å². The number of anilines is 2. The highest BCUT2D eigenvalue weighted by Crippen LogP contribution is 2.38. The Morgan fingerprint density at radius 3 is 2.69 bits per heavy atom. The number of nitrogens with one attached hydrogen (secondary N) is 1. The summed E-state index contributed by atoms with van der Waals surface area (Å²) in [4.78, 5) is 19.5. The first-order chi connectivity index (χ1) is 18.7. The van der Waals surface area contributed by atoms with Gasteiger partial charge in [0, 0.05) is 42.0 Å². The number of β-amino-alcohol motifs (C(OH)–C–C–N with tert-alkyl or cyclic N) is 1. The maximum Gasteiger partial charge on any atom is 0.418 e. The molecule has 39 heavy (non-hydrogen) atoms. The molecule has 1 saturated heterocycles. The Kier molecular flexibility index (Phi) is 6.17. The topological polar surface area (TPSA) is 96.4 Å². The summed E-state index contributed by atoms with van der Waals surface area (Å²) in [5.74, 6) is 0.542. The van der Waals surface area contributed by atoms with Crippen molar-refractivity contribution in [2.75, 3.05) is 29.9 Å². The van der Waals surface area contributed by atoms with E-state index in [0.29, 0.717) is 60.7 Å². The summed E-state index contributed by atoms with van der Waals surface area (Å²) in [6.07, 6.45) is -0.534. The molecule has 0 bridgehead atoms. The van der Waals surface area contributed by atoms with Gasteiger partial charge < -0.3 is 19.7 Å². The summed E-state index contributed by atoms with van der Waals surface area (Å²) in [5.41, 5.74) is 2.16. The fourth-order valence-electron chi connectivity index (χ4n) is 5.39. The maximum atomic E-state index is 14.2. The molecule has 1 fully saturated rings. The number of aromatic nitrogens is 3. The molecule has 0 unspecified atom stereocenters. The molecule has 0 spiro atoms. The van der Waals surface area contributed by atoms with Gasteiger partial charge in [-0.15, -0.1) is 0 Å². The lowest BCUT2D eigenvalue weighted by Crippen LogP contribution is -2.31. The van der Waals surface area contributed by atoms with Crippen LogP contribution in [0.2, 0.25) is 0 Å². The van der Waals surface area contributed by atoms with Crippen molar-refractivity contribution in [3.63, 3.8) is 0 Å². The van der Waals surface area contributed by atoms with Crippen molar-refractivity contribution in [2.45, 2.75) is 38.5 Å². The largest absolute Gasteiger partial charge is 0.444 e. The number of hydrogen-bond donors (Lipinski definition) is 2. The molecule has 2 N–H and O–H groups in total. The van der Waals surface area contributed by atoms with Gasteiger partial charge in [-0.25, -0.2) is 4.98 Å². The van der Waals surface area contributed by atoms with E-state index in [1.165, 1.54) is 18.5 Å². The van der Waals surface area contributed by atoms with Crippen LogP contribution in [0, 0.1) is 6.92 Å². The molecule has 0 amide bonds. The monoisotopic (exact) mass is 537 g/mol. The molecule has 4 aromatic rings. The normalized spacial score (nSPS) is 17.3. The average molecular weight is 538 g/mol. The molecule has 202 valence electrons. The highest BCUT2D eigenvalue weighted by molar-refractivity contribution is 5.75. The van der Waals surface area contributed by atoms with Gasteiger partial charge in [0.2, 0.25) is 0 Å². The summed E-state index contributed by atoms with van der Waals surface area (Å²) in [5, 5.41) is 17.7. The van der Waals surface area contributed by atoms with Crippen molar-refractivity contribution in [3.8, 4) is 28.3 Å². The van der Waals surface area contributed by atoms with Crippen molar-refractivity contribution in [1.29, 1.82) is 0 Å². The zero-order valence-corrected chi connectivity index (χ0v) is 21.1. The lowest BCUT2D eigenvalue weighted by Gasteiger charge is -2.24. The predicted molar refractivity (Wildman–Crippen MR) is 140 cm³/mol. The smallest absolute Gasteiger partial charge is 0.418 e. The third kappa shape index (κ3) is 4.67. The summed E-state index contributed by atoms with van der Waals surface area (Å²) in [6.45, 7) is 3.23. The molecule has 2 aliphatic heterocycles. The number of rotatable bonds is 4. The Morgan fingerprint density at radius 1 is 1.15 bits per heavy atom. The third-order valence-corrected chi connectivity index (χ3v) is 7.21. The lowest BCUT2D eigenvalue weighted by atomic mass is 9.95. The van der Waals surface area contributed by atoms with Gasteiger partial charge >= 0.3 is 6.18 Å². The molecule has 2 aliphatic rings. The maximum absolute atomic E-state index is 14.2. The number of alkyl halides is 3. The van der Waals surface area contributed by atoms with Crippen LogP contribution >= 0.6 is 0 Å². The standard InChI is InChI=1S/C28H26F3N5O3/c1-16-9-17(24-13-32-15-39-24)11-18(10-16)25-21-3-2-7-33-26(21)27(38)36(34-25)23-12-19(35-8-6-20(37)14-35)4-5-22(23)28(29,30)31/h4-5,9-13,15,20,33,37H,2-3,6-8,14H2,1H3/t20-/m1/s1. The molecule has 0 aliphatic carbocycles. The molecule has 0 radical (unpaired) electrons. The fraction of sp³-hybridized carbons (Fsp3) is 0.321. The van der Waals surface area contributed by atoms with Crippen molar-refractivity contribution < 1.29 is 22.7 Å². The molecule has 0 saturated carbocycles. The van der Waals surface area contributed by atoms with Gasteiger partial charge in [-0.1, -0.05) is 0 Å². The predicted octanol–water partition coefficient (Wildman–Crippen LogP) is 4.81. The van der Waals surface area contributed by atoms with Crippen LogP contribution in [-0.2, 0) is 12.6 Å². The lowest BCUT2D eigenvalue weighted by molar-refractivity contribution is -0.137. The van der Waals surface area contributed by atoms with E-state index < -0.39 is 23.4 Å². The first-order valence-corrected chi connectivity index (χ1v) is 12.7. The van der Waals surface area contributed by atoms with Crippen LogP contribution in [-0.4, -0.2) is 45.6 Å². The molecule has 8 nitrogen and oxygen atoms in total. The van der Waals surface area contributed by atoms with E-state index in [-0.39, 0.29) is 11.4 Å². The first kappa shape index (κ1) is 25.2. The van der Waals surface area contributed by atoms with Crippen LogP contribution in [0.5, 0.6) is 0 Å². The quantitative estimate of drug-likeness (QED) is 0.386. The minimum Gasteiger partial charge on any atom is -0.444 e. The third-order valence-electron chi connectivity index (χ3n) is 7.21. The molecule has 2 aromatic heterocycles. The highest BCUT2D eigenvalue weighted by atomic mass is 19.4. The van der Waals surface area contributed by atoms with E-state index in [2.05, 4.69) is 15.4 Å². The van der Waals surface area contributed by atoms with Gasteiger partial charge in [0.05, 0.1) is 29.2 Å². The Balaban J connectivity index is 1.59. The second-order valence-electron chi connectivity index (χ2n) is 9.99. The fourth-order valence-corrected chi connectivity index (χ4v) is 5.39. The van der Waals surface area contributed by atoms with E-state index in [0.717, 1.165) is 28.3 Å². The van der Waals surface area contributed by atoms with Crippen LogP contribution in [0.1, 0.15) is 29.5 Å². The zero-order valence-electron chi connectivity index (χ0n) is 21.1. The van der Waals surface area contributed by atoms with Crippen LogP contribution in [0.4, 0.5) is 24.5 Å². The van der Waals surface area contributed by atoms with Crippen molar-refractivity contribution in [1.82, 2.24) is 14.8 Å². The number of oxazole rings is 1. The molecular formula is C28H26F3N5O3. The number of nitrogens with zero attached hydrogens (tertiary/aromatic N) is 4. The van der Waals surface area contributed by atoms with Crippen LogP contribution < -0.4 is 15.8 Å². The van der Waals surface area contributed by atoms with Gasteiger partial charge in [-0.05, 0) is 68.1 Å². The van der Waals surface area contributed by atoms with Crippen LogP contribution in [0.15, 0.2) is 58.2 Å². The number of hydrogen-bond acceptors (Lipinski definition) is 7. The number of benzene rings is 2. The molecule has 11 heteroatoms. The number of fused-ring (bicyclic) bond motifs is 1. The Labute approximate surface area is 221 Å². The van der Waals surface area contributed by atoms with Gasteiger partial charge in [0.15, 0.2) is 12.2 Å². The van der Waals surface area contributed by atoms with Crippen LogP contribution in [0.25, 0.3) is 28.3 Å². The average Bonchev–Trinajstić information content (AvgIpc) is 3.60. The molecule has 6 rings (SSSR count). The summed E-state index contributed by atoms with van der Waals surface area (Å²) in [6, 6.07) is 9.33. The van der Waals surface area contributed by atoms with Gasteiger partial charge in [0.25, 0.3) is 5.56 Å². The van der Waals surface area contributed by atoms with E-state index in [1.807, 2.05) is 25.1 Å². The Hall–Kier alpha value is -4.12. The number of halogens is 3. The van der Waals surface area contributed by atoms with Crippen molar-refractivity contribution >= 4 is 11.4 Å². The molecular weight excluding hydrogens is 511 g/mol. The van der Waals surface area contributed by atoms with Gasteiger partial charge in [-0.3, -0.25) is 4.79 Å². The Morgan fingerprint density at radius 2 is 1.97 bits per heavy atom. The molecule has 1 atom stereocenters. The van der Waals surface area contributed by atoms with Crippen molar-refractivity contribution in [2.24, 2.45) is 0 Å². The summed E-state index contributed by atoms with van der Waals surface area (Å²) in [7, 11) is 0. The first-order valence-electron chi connectivity index (χ1n) is 12.7. The van der Waals surface area contributed by atoms with E-state index >= 15 is 0 Å². The van der Waals surface area contributed by atoms with Crippen molar-refractivity contribution in [3.05, 3.63) is 76.0 Å². The minimum atomic E-state index is -4.72. The molecule has 4 heterocycles. The minimum absolute atomic E-state index is 0.254. The number of aryl methyl sites for hydroxylation is 1. The highest BCUT2D eigenvalue weighted by Gasteiger charge is 2.36. The zero-order chi connectivity index (χ0) is 27.3. The molecule has 2 aromatic carbocycles. The number of aliphatic hydroxyl groups is 1. The van der Waals surface area contributed by atoms with Crippen LogP contribution in [0.3, 0.4) is 0 Å².